The quantitative estimate of drug-likeness (QED) is 0.513. The zero-order valence-corrected chi connectivity index (χ0v) is 14.2. The van der Waals surface area contributed by atoms with Crippen molar-refractivity contribution in [3.63, 3.8) is 0 Å². The summed E-state index contributed by atoms with van der Waals surface area (Å²) in [5, 5.41) is 25.7. The van der Waals surface area contributed by atoms with Crippen LogP contribution < -0.4 is 10.6 Å². The number of hydrogen-bond acceptors (Lipinski definition) is 9. The van der Waals surface area contributed by atoms with Crippen LogP contribution in [0.2, 0.25) is 0 Å². The number of aromatic nitrogens is 4. The molecular weight excluding hydrogens is 340 g/mol. The van der Waals surface area contributed by atoms with Crippen molar-refractivity contribution in [3.05, 3.63) is 12.7 Å². The van der Waals surface area contributed by atoms with Gasteiger partial charge in [0.25, 0.3) is 0 Å². The van der Waals surface area contributed by atoms with Crippen molar-refractivity contribution in [3.8, 4) is 0 Å². The Labute approximate surface area is 149 Å². The van der Waals surface area contributed by atoms with Gasteiger partial charge >= 0.3 is 0 Å². The first-order chi connectivity index (χ1) is 12.7. The molecule has 2 aromatic rings. The van der Waals surface area contributed by atoms with E-state index in [1.54, 1.807) is 4.57 Å². The molecule has 0 aromatic carbocycles. The summed E-state index contributed by atoms with van der Waals surface area (Å²) in [6.07, 6.45) is 2.29. The molecule has 4 N–H and O–H groups in total. The molecule has 4 atom stereocenters. The molecule has 10 nitrogen and oxygen atoms in total. The Bertz CT molecular complexity index is 790. The summed E-state index contributed by atoms with van der Waals surface area (Å²) in [4.78, 5) is 25.0. The van der Waals surface area contributed by atoms with E-state index in [4.69, 9.17) is 4.74 Å². The maximum atomic E-state index is 12.2. The molecule has 2 aliphatic heterocycles. The Balaban J connectivity index is 1.52. The molecule has 0 radical (unpaired) electrons. The van der Waals surface area contributed by atoms with Crippen LogP contribution in [0.25, 0.3) is 11.2 Å². The number of rotatable bonds is 6. The van der Waals surface area contributed by atoms with Gasteiger partial charge in [0.05, 0.1) is 25.6 Å². The molecule has 2 aliphatic rings. The lowest BCUT2D eigenvalue weighted by Gasteiger charge is -2.16. The summed E-state index contributed by atoms with van der Waals surface area (Å²) in [5.74, 6) is 0.649. The molecule has 2 aromatic heterocycles. The van der Waals surface area contributed by atoms with Gasteiger partial charge in [-0.2, -0.15) is 0 Å². The highest BCUT2D eigenvalue weighted by Crippen LogP contribution is 2.31. The van der Waals surface area contributed by atoms with Crippen LogP contribution in [-0.4, -0.2) is 74.0 Å². The molecule has 10 heteroatoms. The van der Waals surface area contributed by atoms with Gasteiger partial charge in [0, 0.05) is 18.9 Å². The van der Waals surface area contributed by atoms with E-state index in [-0.39, 0.29) is 24.9 Å². The van der Waals surface area contributed by atoms with E-state index in [1.165, 1.54) is 12.7 Å². The summed E-state index contributed by atoms with van der Waals surface area (Å²) in [6, 6.07) is 0. The van der Waals surface area contributed by atoms with E-state index in [0.717, 1.165) is 19.5 Å². The van der Waals surface area contributed by atoms with Crippen molar-refractivity contribution in [1.29, 1.82) is 0 Å². The van der Waals surface area contributed by atoms with Crippen LogP contribution in [0.15, 0.2) is 12.7 Å². The normalized spacial score (nSPS) is 28.7. The smallest absolute Gasteiger partial charge is 0.167 e. The summed E-state index contributed by atoms with van der Waals surface area (Å²) >= 11 is 0. The fourth-order valence-corrected chi connectivity index (χ4v) is 3.51. The Hall–Kier alpha value is -2.14. The van der Waals surface area contributed by atoms with E-state index in [0.29, 0.717) is 23.4 Å². The number of anilines is 1. The third-order valence-electron chi connectivity index (χ3n) is 4.95. The predicted octanol–water partition coefficient (Wildman–Crippen LogP) is -0.942. The van der Waals surface area contributed by atoms with E-state index in [1.807, 2.05) is 0 Å². The highest BCUT2D eigenvalue weighted by atomic mass is 16.5. The van der Waals surface area contributed by atoms with Crippen LogP contribution >= 0.6 is 0 Å². The Morgan fingerprint density at radius 2 is 2.31 bits per heavy atom. The lowest BCUT2D eigenvalue weighted by Crippen LogP contribution is -2.25. The number of fused-ring (bicyclic) bond motifs is 1. The first-order valence-corrected chi connectivity index (χ1v) is 8.76. The molecule has 1 unspecified atom stereocenters. The molecule has 0 amide bonds. The molecule has 0 bridgehead atoms. The van der Waals surface area contributed by atoms with Crippen LogP contribution in [0, 0.1) is 5.92 Å². The van der Waals surface area contributed by atoms with Crippen molar-refractivity contribution in [2.75, 3.05) is 31.6 Å². The molecule has 4 heterocycles. The van der Waals surface area contributed by atoms with Crippen LogP contribution in [0.1, 0.15) is 19.1 Å². The van der Waals surface area contributed by atoms with E-state index in [9.17, 15) is 15.0 Å². The van der Waals surface area contributed by atoms with Gasteiger partial charge in [-0.1, -0.05) is 0 Å². The first kappa shape index (κ1) is 17.3. The molecular formula is C16H22N6O4. The Morgan fingerprint density at radius 3 is 3.04 bits per heavy atom. The maximum Gasteiger partial charge on any atom is 0.167 e. The molecule has 26 heavy (non-hydrogen) atoms. The molecule has 2 fully saturated rings. The summed E-state index contributed by atoms with van der Waals surface area (Å²) in [6.45, 7) is 1.62. The number of aliphatic hydroxyl groups excluding tert-OH is 2. The van der Waals surface area contributed by atoms with Gasteiger partial charge in [0.1, 0.15) is 12.4 Å². The predicted molar refractivity (Wildman–Crippen MR) is 91.4 cm³/mol. The SMILES string of the molecule is O=C(CNc1ncnc2c1ncn2[C@@H]1O[C@H](CO)C[C@H]1O)C1CCNC1. The van der Waals surface area contributed by atoms with Crippen LogP contribution in [0.3, 0.4) is 0 Å². The van der Waals surface area contributed by atoms with Crippen molar-refractivity contribution >= 4 is 22.8 Å². The summed E-state index contributed by atoms with van der Waals surface area (Å²) in [5.41, 5.74) is 1.01. The van der Waals surface area contributed by atoms with E-state index < -0.39 is 18.4 Å². The number of nitrogens with one attached hydrogen (secondary N) is 2. The standard InChI is InChI=1S/C16H22N6O4/c23-6-10-3-11(24)16(26-10)22-8-21-13-14(19-7-20-15(13)22)18-5-12(25)9-1-2-17-4-9/h7-11,16-17,23-24H,1-6H2,(H,18,19,20)/t9?,10-,11+,16+/m0/s1. The molecule has 2 saturated heterocycles. The van der Waals surface area contributed by atoms with Gasteiger partial charge in [-0.05, 0) is 13.0 Å². The molecule has 0 saturated carbocycles. The number of carbonyl (C=O) groups is 1. The number of nitrogens with zero attached hydrogens (tertiary/aromatic N) is 4. The second kappa shape index (κ2) is 7.23. The summed E-state index contributed by atoms with van der Waals surface area (Å²) in [7, 11) is 0. The molecule has 4 rings (SSSR count). The van der Waals surface area contributed by atoms with Crippen molar-refractivity contribution in [2.24, 2.45) is 5.92 Å². The minimum atomic E-state index is -0.757. The highest BCUT2D eigenvalue weighted by molar-refractivity contribution is 5.89. The minimum Gasteiger partial charge on any atom is -0.394 e. The fraction of sp³-hybridized carbons (Fsp3) is 0.625. The van der Waals surface area contributed by atoms with E-state index in [2.05, 4.69) is 25.6 Å². The van der Waals surface area contributed by atoms with Gasteiger partial charge in [0.2, 0.25) is 0 Å². The second-order valence-electron chi connectivity index (χ2n) is 6.69. The largest absolute Gasteiger partial charge is 0.394 e. The van der Waals surface area contributed by atoms with Crippen molar-refractivity contribution < 1.29 is 19.7 Å². The molecule has 0 spiro atoms. The Kier molecular flexibility index (Phi) is 4.81. The topological polar surface area (TPSA) is 134 Å². The number of aliphatic hydroxyl groups is 2. The number of carbonyl (C=O) groups excluding carboxylic acids is 1. The van der Waals surface area contributed by atoms with Crippen LogP contribution in [-0.2, 0) is 9.53 Å². The third-order valence-corrected chi connectivity index (χ3v) is 4.95. The number of hydrogen-bond donors (Lipinski definition) is 4. The van der Waals surface area contributed by atoms with Gasteiger partial charge < -0.3 is 25.6 Å². The van der Waals surface area contributed by atoms with Crippen molar-refractivity contribution in [1.82, 2.24) is 24.8 Å². The van der Waals surface area contributed by atoms with Gasteiger partial charge in [-0.15, -0.1) is 0 Å². The lowest BCUT2D eigenvalue weighted by atomic mass is 10.0. The van der Waals surface area contributed by atoms with Gasteiger partial charge in [-0.3, -0.25) is 9.36 Å². The van der Waals surface area contributed by atoms with Crippen LogP contribution in [0.5, 0.6) is 0 Å². The molecule has 140 valence electrons. The van der Waals surface area contributed by atoms with Gasteiger partial charge in [-0.25, -0.2) is 15.0 Å². The lowest BCUT2D eigenvalue weighted by molar-refractivity contribution is -0.120. The monoisotopic (exact) mass is 362 g/mol. The van der Waals surface area contributed by atoms with Gasteiger partial charge in [0.15, 0.2) is 29.0 Å². The first-order valence-electron chi connectivity index (χ1n) is 8.76. The Morgan fingerprint density at radius 1 is 1.42 bits per heavy atom. The highest BCUT2D eigenvalue weighted by Gasteiger charge is 2.36. The zero-order valence-electron chi connectivity index (χ0n) is 14.2. The zero-order chi connectivity index (χ0) is 18.1. The number of ketones is 1. The number of Topliss-reactive ketones (excluding diaryl/α,β-unsaturated/α-hetero) is 1. The average molecular weight is 362 g/mol. The minimum absolute atomic E-state index is 0.0369. The van der Waals surface area contributed by atoms with E-state index >= 15 is 0 Å². The third kappa shape index (κ3) is 3.16. The van der Waals surface area contributed by atoms with Crippen molar-refractivity contribution in [2.45, 2.75) is 31.3 Å². The van der Waals surface area contributed by atoms with Crippen LogP contribution in [0.4, 0.5) is 5.82 Å². The molecule has 0 aliphatic carbocycles. The average Bonchev–Trinajstić information content (AvgIpc) is 3.38. The second-order valence-corrected chi connectivity index (χ2v) is 6.69. The number of imidazole rings is 1. The summed E-state index contributed by atoms with van der Waals surface area (Å²) < 4.78 is 7.29. The number of ether oxygens (including phenoxy) is 1. The fourth-order valence-electron chi connectivity index (χ4n) is 3.51. The maximum absolute atomic E-state index is 12.2.